The third-order valence-electron chi connectivity index (χ3n) is 5.11. The van der Waals surface area contributed by atoms with Crippen molar-refractivity contribution in [1.29, 1.82) is 0 Å². The molecular weight excluding hydrogens is 330 g/mol. The highest BCUT2D eigenvalue weighted by Crippen LogP contribution is 2.22. The minimum atomic E-state index is -0.513. The molecule has 1 atom stereocenters. The zero-order chi connectivity index (χ0) is 18.1. The molecule has 2 aromatic rings. The van der Waals surface area contributed by atoms with Crippen LogP contribution in [0, 0.1) is 6.92 Å². The van der Waals surface area contributed by atoms with Gasteiger partial charge in [-0.15, -0.1) is 0 Å². The molecule has 2 amide bonds. The number of fused-ring (bicyclic) bond motifs is 1. The summed E-state index contributed by atoms with van der Waals surface area (Å²) >= 11 is 0. The van der Waals surface area contributed by atoms with Gasteiger partial charge in [0, 0.05) is 43.0 Å². The number of carbonyl (C=O) groups is 2. The maximum Gasteiger partial charge on any atom is 0.272 e. The summed E-state index contributed by atoms with van der Waals surface area (Å²) in [7, 11) is 0. The molecule has 0 spiro atoms. The molecule has 0 aliphatic carbocycles. The molecule has 0 radical (unpaired) electrons. The number of nitrogens with zero attached hydrogens (tertiary/aromatic N) is 2. The minimum absolute atomic E-state index is 0.0593. The lowest BCUT2D eigenvalue weighted by atomic mass is 10.0. The summed E-state index contributed by atoms with van der Waals surface area (Å²) in [5, 5.41) is 13.3. The first-order valence-electron chi connectivity index (χ1n) is 9.09. The number of benzene rings is 1. The summed E-state index contributed by atoms with van der Waals surface area (Å²) in [4.78, 5) is 27.3. The number of hydrogen-bond acceptors (Lipinski definition) is 4. The zero-order valence-corrected chi connectivity index (χ0v) is 14.8. The van der Waals surface area contributed by atoms with E-state index >= 15 is 0 Å². The van der Waals surface area contributed by atoms with Gasteiger partial charge in [0.25, 0.3) is 5.91 Å². The van der Waals surface area contributed by atoms with Crippen LogP contribution < -0.4 is 15.5 Å². The van der Waals surface area contributed by atoms with E-state index in [1.54, 1.807) is 4.90 Å². The van der Waals surface area contributed by atoms with Crippen LogP contribution >= 0.6 is 0 Å². The molecule has 3 N–H and O–H groups in total. The van der Waals surface area contributed by atoms with Crippen molar-refractivity contribution < 1.29 is 9.59 Å². The average Bonchev–Trinajstić information content (AvgIpc) is 3.08. The maximum absolute atomic E-state index is 12.9. The van der Waals surface area contributed by atoms with Crippen LogP contribution in [0.15, 0.2) is 24.3 Å². The molecule has 7 nitrogen and oxygen atoms in total. The van der Waals surface area contributed by atoms with Crippen LogP contribution in [-0.2, 0) is 17.8 Å². The molecule has 1 aromatic carbocycles. The fourth-order valence-electron chi connectivity index (χ4n) is 3.63. The van der Waals surface area contributed by atoms with Crippen molar-refractivity contribution in [2.45, 2.75) is 38.8 Å². The Morgan fingerprint density at radius 1 is 1.31 bits per heavy atom. The summed E-state index contributed by atoms with van der Waals surface area (Å²) in [6, 6.07) is 7.38. The summed E-state index contributed by atoms with van der Waals surface area (Å²) in [5.41, 5.74) is 4.34. The van der Waals surface area contributed by atoms with Gasteiger partial charge in [0.05, 0.1) is 0 Å². The maximum atomic E-state index is 12.9. The predicted molar refractivity (Wildman–Crippen MR) is 98.0 cm³/mol. The molecule has 4 rings (SSSR count). The number of aromatic amines is 1. The summed E-state index contributed by atoms with van der Waals surface area (Å²) in [5.74, 6) is -0.341. The smallest absolute Gasteiger partial charge is 0.272 e. The second kappa shape index (κ2) is 6.92. The molecule has 3 heterocycles. The van der Waals surface area contributed by atoms with Crippen molar-refractivity contribution in [2.24, 2.45) is 0 Å². The normalized spacial score (nSPS) is 20.0. The lowest BCUT2D eigenvalue weighted by molar-refractivity contribution is -0.121. The number of rotatable bonds is 3. The Kier molecular flexibility index (Phi) is 4.46. The van der Waals surface area contributed by atoms with Gasteiger partial charge in [0.1, 0.15) is 6.04 Å². The van der Waals surface area contributed by atoms with Crippen molar-refractivity contribution in [3.63, 3.8) is 0 Å². The first-order valence-corrected chi connectivity index (χ1v) is 9.09. The van der Waals surface area contributed by atoms with E-state index in [-0.39, 0.29) is 11.8 Å². The van der Waals surface area contributed by atoms with Gasteiger partial charge in [-0.1, -0.05) is 17.7 Å². The van der Waals surface area contributed by atoms with Gasteiger partial charge >= 0.3 is 0 Å². The highest BCUT2D eigenvalue weighted by molar-refractivity contribution is 6.02. The molecular formula is C19H23N5O2. The first-order chi connectivity index (χ1) is 12.6. The number of anilines is 1. The standard InChI is InChI=1S/C19H23N5O2/c1-12-4-6-13(7-5-12)24-10-2-3-16(19(24)26)21-18(25)17-14-11-20-9-8-15(14)22-23-17/h4-7,16,20H,2-3,8-11H2,1H3,(H,21,25)(H,22,23). The lowest BCUT2D eigenvalue weighted by Crippen LogP contribution is -2.52. The molecule has 2 aliphatic heterocycles. The van der Waals surface area contributed by atoms with Gasteiger partial charge in [-0.25, -0.2) is 0 Å². The van der Waals surface area contributed by atoms with E-state index in [1.807, 2.05) is 31.2 Å². The topological polar surface area (TPSA) is 90.1 Å². The van der Waals surface area contributed by atoms with Gasteiger partial charge in [0.2, 0.25) is 5.91 Å². The third-order valence-corrected chi connectivity index (χ3v) is 5.11. The van der Waals surface area contributed by atoms with Crippen molar-refractivity contribution in [1.82, 2.24) is 20.8 Å². The van der Waals surface area contributed by atoms with Crippen molar-refractivity contribution >= 4 is 17.5 Å². The minimum Gasteiger partial charge on any atom is -0.339 e. The molecule has 1 aromatic heterocycles. The molecule has 0 bridgehead atoms. The molecule has 0 saturated carbocycles. The SMILES string of the molecule is Cc1ccc(N2CCCC(NC(=O)c3n[nH]c4c3CNCC4)C2=O)cc1. The van der Waals surface area contributed by atoms with Crippen LogP contribution in [0.5, 0.6) is 0 Å². The predicted octanol–water partition coefficient (Wildman–Crippen LogP) is 1.29. The second-order valence-electron chi connectivity index (χ2n) is 6.95. The fraction of sp³-hybridized carbons (Fsp3) is 0.421. The van der Waals surface area contributed by atoms with Crippen LogP contribution in [0.25, 0.3) is 0 Å². The molecule has 1 unspecified atom stereocenters. The van der Waals surface area contributed by atoms with Crippen LogP contribution in [0.4, 0.5) is 5.69 Å². The van der Waals surface area contributed by atoms with Crippen molar-refractivity contribution in [3.05, 3.63) is 46.8 Å². The summed E-state index contributed by atoms with van der Waals surface area (Å²) in [6.07, 6.45) is 2.34. The van der Waals surface area contributed by atoms with Gasteiger partial charge in [-0.05, 0) is 31.9 Å². The zero-order valence-electron chi connectivity index (χ0n) is 14.8. The average molecular weight is 353 g/mol. The van der Waals surface area contributed by atoms with Gasteiger partial charge in [-0.2, -0.15) is 5.10 Å². The number of aromatic nitrogens is 2. The van der Waals surface area contributed by atoms with E-state index in [2.05, 4.69) is 20.8 Å². The third kappa shape index (κ3) is 3.10. The molecule has 2 aliphatic rings. The molecule has 1 saturated heterocycles. The number of H-pyrrole nitrogens is 1. The van der Waals surface area contributed by atoms with Crippen molar-refractivity contribution in [3.8, 4) is 0 Å². The van der Waals surface area contributed by atoms with E-state index in [1.165, 1.54) is 0 Å². The highest BCUT2D eigenvalue weighted by Gasteiger charge is 2.32. The van der Waals surface area contributed by atoms with Gasteiger partial charge in [-0.3, -0.25) is 14.7 Å². The lowest BCUT2D eigenvalue weighted by Gasteiger charge is -2.32. The van der Waals surface area contributed by atoms with Crippen molar-refractivity contribution in [2.75, 3.05) is 18.0 Å². The Morgan fingerprint density at radius 3 is 2.92 bits per heavy atom. The number of hydrogen-bond donors (Lipinski definition) is 3. The molecule has 7 heteroatoms. The monoisotopic (exact) mass is 353 g/mol. The van der Waals surface area contributed by atoms with E-state index in [4.69, 9.17) is 0 Å². The number of aryl methyl sites for hydroxylation is 1. The summed E-state index contributed by atoms with van der Waals surface area (Å²) < 4.78 is 0. The van der Waals surface area contributed by atoms with Gasteiger partial charge < -0.3 is 15.5 Å². The highest BCUT2D eigenvalue weighted by atomic mass is 16.2. The Bertz CT molecular complexity index is 827. The Balaban J connectivity index is 1.49. The van der Waals surface area contributed by atoms with E-state index in [0.29, 0.717) is 25.2 Å². The van der Waals surface area contributed by atoms with Crippen LogP contribution in [-0.4, -0.2) is 41.1 Å². The van der Waals surface area contributed by atoms with Crippen LogP contribution in [0.2, 0.25) is 0 Å². The molecule has 136 valence electrons. The van der Waals surface area contributed by atoms with E-state index < -0.39 is 6.04 Å². The number of carbonyl (C=O) groups excluding carboxylic acids is 2. The Hall–Kier alpha value is -2.67. The number of nitrogens with one attached hydrogen (secondary N) is 3. The van der Waals surface area contributed by atoms with Crippen LogP contribution in [0.3, 0.4) is 0 Å². The second-order valence-corrected chi connectivity index (χ2v) is 6.95. The van der Waals surface area contributed by atoms with Gasteiger partial charge in [0.15, 0.2) is 5.69 Å². The Morgan fingerprint density at radius 2 is 2.12 bits per heavy atom. The fourth-order valence-corrected chi connectivity index (χ4v) is 3.63. The first kappa shape index (κ1) is 16.8. The summed E-state index contributed by atoms with van der Waals surface area (Å²) in [6.45, 7) is 4.20. The van der Waals surface area contributed by atoms with E-state index in [0.717, 1.165) is 41.9 Å². The number of piperidine rings is 1. The largest absolute Gasteiger partial charge is 0.339 e. The van der Waals surface area contributed by atoms with Crippen LogP contribution in [0.1, 0.15) is 40.2 Å². The van der Waals surface area contributed by atoms with E-state index in [9.17, 15) is 9.59 Å². The number of amides is 2. The quantitative estimate of drug-likeness (QED) is 0.776. The molecule has 26 heavy (non-hydrogen) atoms. The molecule has 1 fully saturated rings. The Labute approximate surface area is 152 Å².